The van der Waals surface area contributed by atoms with Crippen LogP contribution < -0.4 is 0 Å². The number of esters is 2. The molecule has 1 fully saturated rings. The number of carbonyl (C=O) groups is 2. The van der Waals surface area contributed by atoms with Gasteiger partial charge in [0.1, 0.15) is 6.10 Å². The topological polar surface area (TPSA) is 96.0 Å². The van der Waals surface area contributed by atoms with Crippen LogP contribution in [0.25, 0.3) is 5.57 Å². The maximum atomic E-state index is 13.2. The number of ether oxygens (including phenoxy) is 3. The minimum absolute atomic E-state index is 0.350. The summed E-state index contributed by atoms with van der Waals surface area (Å²) in [4.78, 5) is 23.3. The molecule has 1 aliphatic rings. The molecule has 5 atom stereocenters. The highest BCUT2D eigenvalue weighted by Crippen LogP contribution is 2.35. The molecular formula is C21H28O7S. The van der Waals surface area contributed by atoms with Crippen molar-refractivity contribution in [3.05, 3.63) is 42.5 Å². The Balaban J connectivity index is 2.39. The monoisotopic (exact) mass is 424 g/mol. The molecule has 1 aromatic carbocycles. The predicted molar refractivity (Wildman–Crippen MR) is 108 cm³/mol. The van der Waals surface area contributed by atoms with Crippen molar-refractivity contribution < 1.29 is 32.2 Å². The van der Waals surface area contributed by atoms with Gasteiger partial charge in [-0.05, 0) is 17.6 Å². The van der Waals surface area contributed by atoms with E-state index in [0.717, 1.165) is 0 Å². The van der Waals surface area contributed by atoms with Crippen molar-refractivity contribution in [3.63, 3.8) is 0 Å². The molecule has 8 heteroatoms. The highest BCUT2D eigenvalue weighted by atomic mass is 32.2. The van der Waals surface area contributed by atoms with E-state index < -0.39 is 45.5 Å². The summed E-state index contributed by atoms with van der Waals surface area (Å²) >= 11 is 0. The van der Waals surface area contributed by atoms with Crippen molar-refractivity contribution in [2.24, 2.45) is 5.92 Å². The second kappa shape index (κ2) is 9.54. The highest BCUT2D eigenvalue weighted by molar-refractivity contribution is 7.92. The molecule has 0 bridgehead atoms. The third-order valence-electron chi connectivity index (χ3n) is 4.92. The maximum Gasteiger partial charge on any atom is 0.303 e. The number of hydrogen-bond acceptors (Lipinski definition) is 7. The molecule has 0 saturated carbocycles. The molecule has 7 nitrogen and oxygen atoms in total. The van der Waals surface area contributed by atoms with Gasteiger partial charge in [-0.1, -0.05) is 50.8 Å². The van der Waals surface area contributed by atoms with Gasteiger partial charge in [-0.3, -0.25) is 9.59 Å². The van der Waals surface area contributed by atoms with Crippen LogP contribution in [0.15, 0.2) is 36.9 Å². The lowest BCUT2D eigenvalue weighted by Crippen LogP contribution is -2.59. The first-order chi connectivity index (χ1) is 13.6. The Morgan fingerprint density at radius 1 is 1.07 bits per heavy atom. The minimum Gasteiger partial charge on any atom is -0.458 e. The Bertz CT molecular complexity index is 847. The fraction of sp³-hybridized carbons (Fsp3) is 0.524. The summed E-state index contributed by atoms with van der Waals surface area (Å²) in [5, 5.41) is 0. The zero-order chi connectivity index (χ0) is 21.8. The molecule has 1 aliphatic heterocycles. The summed E-state index contributed by atoms with van der Waals surface area (Å²) < 4.78 is 43.0. The minimum atomic E-state index is -3.95. The fourth-order valence-electron chi connectivity index (χ4n) is 3.56. The van der Waals surface area contributed by atoms with E-state index in [1.54, 1.807) is 31.2 Å². The van der Waals surface area contributed by atoms with Crippen LogP contribution in [0.3, 0.4) is 0 Å². The van der Waals surface area contributed by atoms with E-state index in [9.17, 15) is 18.0 Å². The first kappa shape index (κ1) is 23.1. The maximum absolute atomic E-state index is 13.2. The van der Waals surface area contributed by atoms with E-state index >= 15 is 0 Å². The van der Waals surface area contributed by atoms with Crippen molar-refractivity contribution >= 4 is 27.3 Å². The number of benzene rings is 1. The Labute approximate surface area is 171 Å². The third kappa shape index (κ3) is 5.67. The summed E-state index contributed by atoms with van der Waals surface area (Å²) in [6.45, 7) is 9.92. The van der Waals surface area contributed by atoms with Crippen LogP contribution in [0.5, 0.6) is 0 Å². The Kier molecular flexibility index (Phi) is 7.60. The van der Waals surface area contributed by atoms with Crippen LogP contribution in [0, 0.1) is 5.92 Å². The quantitative estimate of drug-likeness (QED) is 0.621. The SMILES string of the molecule is C=C(CS(=O)(=O)C1O[C@H](CC)[C@@H](C)[C@H](OC(C)=O)[C@H]1OC(C)=O)c1ccccc1. The average Bonchev–Trinajstić information content (AvgIpc) is 2.64. The zero-order valence-corrected chi connectivity index (χ0v) is 18.0. The van der Waals surface area contributed by atoms with Gasteiger partial charge in [-0.15, -0.1) is 0 Å². The van der Waals surface area contributed by atoms with Crippen molar-refractivity contribution in [2.45, 2.75) is 57.9 Å². The van der Waals surface area contributed by atoms with Crippen LogP contribution in [0.4, 0.5) is 0 Å². The first-order valence-corrected chi connectivity index (χ1v) is 11.2. The first-order valence-electron chi connectivity index (χ1n) is 9.51. The second-order valence-corrected chi connectivity index (χ2v) is 9.31. The van der Waals surface area contributed by atoms with Crippen molar-refractivity contribution in [1.29, 1.82) is 0 Å². The molecule has 160 valence electrons. The Hall–Kier alpha value is -2.19. The standard InChI is InChI=1S/C21H28O7S/c1-6-18-14(3)19(26-15(4)22)20(27-16(5)23)21(28-18)29(24,25)12-13(2)17-10-8-7-9-11-17/h7-11,14,18-21H,2,6,12H2,1,3-5H3/t14-,18-,19+,20-,21?/m1/s1. The van der Waals surface area contributed by atoms with Gasteiger partial charge < -0.3 is 14.2 Å². The van der Waals surface area contributed by atoms with Gasteiger partial charge in [-0.2, -0.15) is 0 Å². The number of hydrogen-bond donors (Lipinski definition) is 0. The van der Waals surface area contributed by atoms with Gasteiger partial charge >= 0.3 is 11.9 Å². The summed E-state index contributed by atoms with van der Waals surface area (Å²) in [5.41, 5.74) is -0.378. The molecule has 0 aromatic heterocycles. The summed E-state index contributed by atoms with van der Waals surface area (Å²) in [5.74, 6) is -1.99. The normalized spacial score (nSPS) is 27.1. The Morgan fingerprint density at radius 3 is 2.14 bits per heavy atom. The van der Waals surface area contributed by atoms with Gasteiger partial charge in [0.15, 0.2) is 21.4 Å². The van der Waals surface area contributed by atoms with Gasteiger partial charge in [0.05, 0.1) is 11.9 Å². The molecule has 0 amide bonds. The van der Waals surface area contributed by atoms with E-state index in [1.807, 2.05) is 13.0 Å². The lowest BCUT2D eigenvalue weighted by Gasteiger charge is -2.43. The zero-order valence-electron chi connectivity index (χ0n) is 17.2. The summed E-state index contributed by atoms with van der Waals surface area (Å²) in [7, 11) is -3.95. The lowest BCUT2D eigenvalue weighted by molar-refractivity contribution is -0.208. The van der Waals surface area contributed by atoms with E-state index in [1.165, 1.54) is 13.8 Å². The van der Waals surface area contributed by atoms with Crippen LogP contribution in [0.1, 0.15) is 39.7 Å². The molecule has 2 rings (SSSR count). The van der Waals surface area contributed by atoms with E-state index in [4.69, 9.17) is 14.2 Å². The van der Waals surface area contributed by atoms with Crippen molar-refractivity contribution in [2.75, 3.05) is 5.75 Å². The molecule has 1 saturated heterocycles. The van der Waals surface area contributed by atoms with E-state index in [-0.39, 0.29) is 11.7 Å². The van der Waals surface area contributed by atoms with Crippen LogP contribution in [-0.4, -0.2) is 49.9 Å². The van der Waals surface area contributed by atoms with Crippen molar-refractivity contribution in [1.82, 2.24) is 0 Å². The number of carbonyl (C=O) groups excluding carboxylic acids is 2. The van der Waals surface area contributed by atoms with Gasteiger partial charge in [0, 0.05) is 19.8 Å². The molecule has 1 aromatic rings. The number of rotatable bonds is 7. The second-order valence-electron chi connectivity index (χ2n) is 7.24. The number of sulfone groups is 1. The molecule has 0 N–H and O–H groups in total. The van der Waals surface area contributed by atoms with Crippen LogP contribution >= 0.6 is 0 Å². The van der Waals surface area contributed by atoms with Gasteiger partial charge in [-0.25, -0.2) is 8.42 Å². The molecule has 0 spiro atoms. The lowest BCUT2D eigenvalue weighted by atomic mass is 9.89. The summed E-state index contributed by atoms with van der Waals surface area (Å²) in [6.07, 6.45) is -2.16. The molecule has 1 unspecified atom stereocenters. The van der Waals surface area contributed by atoms with Crippen molar-refractivity contribution in [3.8, 4) is 0 Å². The van der Waals surface area contributed by atoms with Gasteiger partial charge in [0.2, 0.25) is 0 Å². The van der Waals surface area contributed by atoms with Crippen LogP contribution in [-0.2, 0) is 33.6 Å². The molecule has 0 aliphatic carbocycles. The van der Waals surface area contributed by atoms with Crippen LogP contribution in [0.2, 0.25) is 0 Å². The molecular weight excluding hydrogens is 396 g/mol. The third-order valence-corrected chi connectivity index (χ3v) is 6.76. The predicted octanol–water partition coefficient (Wildman–Crippen LogP) is 2.75. The Morgan fingerprint density at radius 2 is 1.62 bits per heavy atom. The average molecular weight is 425 g/mol. The van der Waals surface area contributed by atoms with E-state index in [0.29, 0.717) is 17.6 Å². The summed E-state index contributed by atoms with van der Waals surface area (Å²) in [6, 6.07) is 8.93. The fourth-order valence-corrected chi connectivity index (χ4v) is 5.31. The molecule has 29 heavy (non-hydrogen) atoms. The highest BCUT2D eigenvalue weighted by Gasteiger charge is 2.52. The van der Waals surface area contributed by atoms with E-state index in [2.05, 4.69) is 6.58 Å². The smallest absolute Gasteiger partial charge is 0.303 e. The molecule has 0 radical (unpaired) electrons. The largest absolute Gasteiger partial charge is 0.458 e. The molecule has 1 heterocycles. The van der Waals surface area contributed by atoms with Gasteiger partial charge in [0.25, 0.3) is 0 Å².